The molecular weight excluding hydrogens is 354 g/mol. The second-order valence-corrected chi connectivity index (χ2v) is 8.93. The van der Waals surface area contributed by atoms with Gasteiger partial charge in [-0.2, -0.15) is 4.31 Å². The lowest BCUT2D eigenvalue weighted by molar-refractivity contribution is -0.146. The fourth-order valence-corrected chi connectivity index (χ4v) is 4.99. The van der Waals surface area contributed by atoms with E-state index in [9.17, 15) is 18.0 Å². The van der Waals surface area contributed by atoms with Crippen LogP contribution in [-0.2, 0) is 19.6 Å². The van der Waals surface area contributed by atoms with Gasteiger partial charge in [0.25, 0.3) is 0 Å². The summed E-state index contributed by atoms with van der Waals surface area (Å²) < 4.78 is 27.0. The van der Waals surface area contributed by atoms with Gasteiger partial charge in [0.15, 0.2) is 0 Å². The van der Waals surface area contributed by atoms with Crippen molar-refractivity contribution in [3.8, 4) is 0 Å². The maximum absolute atomic E-state index is 12.8. The van der Waals surface area contributed by atoms with Gasteiger partial charge in [-0.15, -0.1) is 0 Å². The first-order chi connectivity index (χ1) is 12.3. The molecule has 0 saturated carbocycles. The normalized spacial score (nSPS) is 22.9. The molecule has 8 heteroatoms. The molecule has 1 aromatic carbocycles. The van der Waals surface area contributed by atoms with Gasteiger partial charge < -0.3 is 10.2 Å². The number of nitrogens with one attached hydrogen (secondary N) is 1. The summed E-state index contributed by atoms with van der Waals surface area (Å²) in [5.41, 5.74) is 1.01. The second kappa shape index (κ2) is 7.36. The van der Waals surface area contributed by atoms with Crippen LogP contribution in [0.2, 0.25) is 0 Å². The Morgan fingerprint density at radius 1 is 1.12 bits per heavy atom. The van der Waals surface area contributed by atoms with Gasteiger partial charge in [0.2, 0.25) is 21.8 Å². The molecule has 3 rings (SSSR count). The molecule has 2 aliphatic rings. The first-order valence-corrected chi connectivity index (χ1v) is 10.4. The third-order valence-electron chi connectivity index (χ3n) is 5.24. The van der Waals surface area contributed by atoms with E-state index >= 15 is 0 Å². The van der Waals surface area contributed by atoms with E-state index in [0.717, 1.165) is 5.56 Å². The molecule has 2 saturated heterocycles. The summed E-state index contributed by atoms with van der Waals surface area (Å²) in [6, 6.07) is 6.34. The average molecular weight is 379 g/mol. The fourth-order valence-electron chi connectivity index (χ4n) is 3.52. The minimum absolute atomic E-state index is 0.0419. The molecule has 2 fully saturated rings. The molecule has 1 atom stereocenters. The molecule has 7 nitrogen and oxygen atoms in total. The highest BCUT2D eigenvalue weighted by molar-refractivity contribution is 7.89. The molecule has 2 amide bonds. The summed E-state index contributed by atoms with van der Waals surface area (Å²) in [6.07, 6.45) is 0.962. The molecule has 142 valence electrons. The number of piperidine rings is 1. The standard InChI is InChI=1S/C18H25N3O4S/c1-13-3-5-16(6-4-13)26(24,25)20-10-7-15(8-11-20)18(23)21-12-9-19-17(22)14(21)2/h3-6,14-15H,7-12H2,1-2H3,(H,19,22). The Morgan fingerprint density at radius 2 is 1.73 bits per heavy atom. The number of hydrogen-bond donors (Lipinski definition) is 1. The van der Waals surface area contributed by atoms with Gasteiger partial charge in [-0.3, -0.25) is 9.59 Å². The van der Waals surface area contributed by atoms with Crippen molar-refractivity contribution in [1.29, 1.82) is 0 Å². The van der Waals surface area contributed by atoms with Crippen molar-refractivity contribution in [2.75, 3.05) is 26.2 Å². The molecule has 0 radical (unpaired) electrons. The van der Waals surface area contributed by atoms with Crippen LogP contribution in [0.1, 0.15) is 25.3 Å². The Hall–Kier alpha value is -1.93. The van der Waals surface area contributed by atoms with E-state index in [0.29, 0.717) is 39.0 Å². The van der Waals surface area contributed by atoms with E-state index in [2.05, 4.69) is 5.32 Å². The van der Waals surface area contributed by atoms with Gasteiger partial charge in [0.1, 0.15) is 6.04 Å². The number of carbonyl (C=O) groups excluding carboxylic acids is 2. The number of piperazine rings is 1. The Kier molecular flexibility index (Phi) is 5.34. The number of hydrogen-bond acceptors (Lipinski definition) is 4. The van der Waals surface area contributed by atoms with Crippen molar-refractivity contribution in [2.45, 2.75) is 37.6 Å². The number of sulfonamides is 1. The van der Waals surface area contributed by atoms with Crippen LogP contribution >= 0.6 is 0 Å². The lowest BCUT2D eigenvalue weighted by Crippen LogP contribution is -2.57. The third kappa shape index (κ3) is 3.61. The highest BCUT2D eigenvalue weighted by atomic mass is 32.2. The highest BCUT2D eigenvalue weighted by Crippen LogP contribution is 2.26. The summed E-state index contributed by atoms with van der Waals surface area (Å²) >= 11 is 0. The molecule has 2 heterocycles. The van der Waals surface area contributed by atoms with Crippen LogP contribution in [0.25, 0.3) is 0 Å². The van der Waals surface area contributed by atoms with Gasteiger partial charge in [-0.25, -0.2) is 8.42 Å². The summed E-state index contributed by atoms with van der Waals surface area (Å²) in [5.74, 6) is -0.406. The van der Waals surface area contributed by atoms with Crippen molar-refractivity contribution in [3.05, 3.63) is 29.8 Å². The molecule has 0 bridgehead atoms. The van der Waals surface area contributed by atoms with Crippen LogP contribution in [0.3, 0.4) is 0 Å². The van der Waals surface area contributed by atoms with Crippen LogP contribution in [-0.4, -0.2) is 61.7 Å². The van der Waals surface area contributed by atoms with Gasteiger partial charge in [0.05, 0.1) is 4.90 Å². The van der Waals surface area contributed by atoms with Crippen molar-refractivity contribution < 1.29 is 18.0 Å². The molecule has 1 unspecified atom stereocenters. The van der Waals surface area contributed by atoms with E-state index < -0.39 is 16.1 Å². The van der Waals surface area contributed by atoms with Gasteiger partial charge in [-0.05, 0) is 38.8 Å². The quantitative estimate of drug-likeness (QED) is 0.839. The number of benzene rings is 1. The zero-order chi connectivity index (χ0) is 18.9. The molecule has 1 N–H and O–H groups in total. The number of amides is 2. The topological polar surface area (TPSA) is 86.8 Å². The van der Waals surface area contributed by atoms with Crippen LogP contribution in [0, 0.1) is 12.8 Å². The smallest absolute Gasteiger partial charge is 0.243 e. The van der Waals surface area contributed by atoms with Crippen LogP contribution in [0.4, 0.5) is 0 Å². The Labute approximate surface area is 154 Å². The summed E-state index contributed by atoms with van der Waals surface area (Å²) in [4.78, 5) is 26.4. The van der Waals surface area contributed by atoms with Gasteiger partial charge in [-0.1, -0.05) is 17.7 Å². The molecular formula is C18H25N3O4S. The minimum atomic E-state index is -3.53. The first-order valence-electron chi connectivity index (χ1n) is 8.95. The van der Waals surface area contributed by atoms with E-state index in [-0.39, 0.29) is 22.6 Å². The Bertz CT molecular complexity index is 783. The molecule has 0 aromatic heterocycles. The predicted octanol–water partition coefficient (Wildman–Crippen LogP) is 0.743. The lowest BCUT2D eigenvalue weighted by Gasteiger charge is -2.37. The molecule has 0 spiro atoms. The van der Waals surface area contributed by atoms with Crippen LogP contribution < -0.4 is 5.32 Å². The largest absolute Gasteiger partial charge is 0.353 e. The van der Waals surface area contributed by atoms with Crippen molar-refractivity contribution in [1.82, 2.24) is 14.5 Å². The van der Waals surface area contributed by atoms with Gasteiger partial charge >= 0.3 is 0 Å². The van der Waals surface area contributed by atoms with Crippen LogP contribution in [0.15, 0.2) is 29.2 Å². The van der Waals surface area contributed by atoms with E-state index in [4.69, 9.17) is 0 Å². The number of carbonyl (C=O) groups is 2. The summed E-state index contributed by atoms with van der Waals surface area (Å²) in [7, 11) is -3.53. The molecule has 26 heavy (non-hydrogen) atoms. The number of aryl methyl sites for hydroxylation is 1. The second-order valence-electron chi connectivity index (χ2n) is 6.99. The molecule has 2 aliphatic heterocycles. The summed E-state index contributed by atoms with van der Waals surface area (Å²) in [5, 5.41) is 2.75. The van der Waals surface area contributed by atoms with E-state index in [1.54, 1.807) is 36.1 Å². The maximum Gasteiger partial charge on any atom is 0.243 e. The van der Waals surface area contributed by atoms with Crippen molar-refractivity contribution >= 4 is 21.8 Å². The van der Waals surface area contributed by atoms with E-state index in [1.165, 1.54) is 4.31 Å². The predicted molar refractivity (Wildman–Crippen MR) is 96.8 cm³/mol. The molecule has 1 aromatic rings. The highest BCUT2D eigenvalue weighted by Gasteiger charge is 2.37. The van der Waals surface area contributed by atoms with E-state index in [1.807, 2.05) is 6.92 Å². The number of rotatable bonds is 3. The van der Waals surface area contributed by atoms with Crippen molar-refractivity contribution in [3.63, 3.8) is 0 Å². The van der Waals surface area contributed by atoms with Crippen molar-refractivity contribution in [2.24, 2.45) is 5.92 Å². The average Bonchev–Trinajstić information content (AvgIpc) is 2.64. The summed E-state index contributed by atoms with van der Waals surface area (Å²) in [6.45, 7) is 5.25. The Morgan fingerprint density at radius 3 is 2.35 bits per heavy atom. The fraction of sp³-hybridized carbons (Fsp3) is 0.556. The SMILES string of the molecule is Cc1ccc(S(=O)(=O)N2CCC(C(=O)N3CCNC(=O)C3C)CC2)cc1. The minimum Gasteiger partial charge on any atom is -0.353 e. The monoisotopic (exact) mass is 379 g/mol. The number of nitrogens with zero attached hydrogens (tertiary/aromatic N) is 2. The zero-order valence-electron chi connectivity index (χ0n) is 15.1. The maximum atomic E-state index is 12.8. The zero-order valence-corrected chi connectivity index (χ0v) is 16.0. The molecule has 0 aliphatic carbocycles. The third-order valence-corrected chi connectivity index (χ3v) is 7.16. The first kappa shape index (κ1) is 18.8. The lowest BCUT2D eigenvalue weighted by atomic mass is 9.95. The van der Waals surface area contributed by atoms with Gasteiger partial charge in [0, 0.05) is 32.1 Å². The van der Waals surface area contributed by atoms with Crippen LogP contribution in [0.5, 0.6) is 0 Å². The Balaban J connectivity index is 1.64.